The Morgan fingerprint density at radius 1 is 0.923 bits per heavy atom. The molecule has 13 heavy (non-hydrogen) atoms. The molecule has 2 atom stereocenters. The molecule has 0 aromatic rings. The summed E-state index contributed by atoms with van der Waals surface area (Å²) in [4.78, 5) is 19.3. The van der Waals surface area contributed by atoms with E-state index in [2.05, 4.69) is 0 Å². The minimum absolute atomic E-state index is 0. The van der Waals surface area contributed by atoms with Crippen LogP contribution in [0.15, 0.2) is 0 Å². The molecule has 7 heteroatoms. The van der Waals surface area contributed by atoms with E-state index in [9.17, 15) is 18.9 Å². The third kappa shape index (κ3) is 32.2. The van der Waals surface area contributed by atoms with Gasteiger partial charge in [-0.1, -0.05) is 23.0 Å². The molecular weight excluding hydrogens is 222 g/mol. The predicted octanol–water partition coefficient (Wildman–Crippen LogP) is 0.617. The summed E-state index contributed by atoms with van der Waals surface area (Å²) in [5, 5.41) is 0. The summed E-state index contributed by atoms with van der Waals surface area (Å²) >= 11 is 0. The molecule has 0 N–H and O–H groups in total. The Morgan fingerprint density at radius 2 is 1.15 bits per heavy atom. The van der Waals surface area contributed by atoms with Crippen LogP contribution in [0.1, 0.15) is 26.7 Å². The summed E-state index contributed by atoms with van der Waals surface area (Å²) < 4.78 is 19.3. The van der Waals surface area contributed by atoms with Crippen LogP contribution in [0.5, 0.6) is 0 Å². The molecular formula is C6H14MgO4P2+2. The van der Waals surface area contributed by atoms with Crippen molar-refractivity contribution in [1.82, 2.24) is 0 Å². The average Bonchev–Trinajstić information content (AvgIpc) is 1.87. The van der Waals surface area contributed by atoms with Crippen LogP contribution in [0.2, 0.25) is 0 Å². The van der Waals surface area contributed by atoms with E-state index in [4.69, 9.17) is 0 Å². The molecule has 4 nitrogen and oxygen atoms in total. The van der Waals surface area contributed by atoms with Crippen molar-refractivity contribution in [1.29, 1.82) is 0 Å². The van der Waals surface area contributed by atoms with Crippen LogP contribution >= 0.6 is 16.1 Å². The molecule has 0 spiro atoms. The zero-order valence-corrected chi connectivity index (χ0v) is 11.3. The van der Waals surface area contributed by atoms with E-state index in [1.54, 1.807) is 0 Å². The maximum atomic E-state index is 9.64. The Kier molecular flexibility index (Phi) is 23.0. The van der Waals surface area contributed by atoms with Crippen LogP contribution in [0.4, 0.5) is 0 Å². The zero-order valence-electron chi connectivity index (χ0n) is 8.06. The first-order valence-electron chi connectivity index (χ1n) is 3.78. The van der Waals surface area contributed by atoms with Gasteiger partial charge in [-0.15, -0.1) is 0 Å². The largest absolute Gasteiger partial charge is 2.00 e. The first kappa shape index (κ1) is 19.5. The third-order valence-corrected chi connectivity index (χ3v) is 2.44. The molecule has 72 valence electrons. The van der Waals surface area contributed by atoms with Crippen molar-refractivity contribution in [3.8, 4) is 0 Å². The van der Waals surface area contributed by atoms with E-state index in [1.165, 1.54) is 0 Å². The molecule has 2 unspecified atom stereocenters. The monoisotopic (exact) mass is 236 g/mol. The number of hydrogen-bond donors (Lipinski definition) is 0. The smallest absolute Gasteiger partial charge is 0.596 e. The molecule has 0 aliphatic rings. The second kappa shape index (κ2) is 15.4. The van der Waals surface area contributed by atoms with Gasteiger partial charge in [0.05, 0.1) is 0 Å². The molecule has 0 radical (unpaired) electrons. The van der Waals surface area contributed by atoms with Crippen molar-refractivity contribution in [2.24, 2.45) is 0 Å². The van der Waals surface area contributed by atoms with Crippen LogP contribution in [-0.4, -0.2) is 35.4 Å². The fourth-order valence-electron chi connectivity index (χ4n) is 0.365. The fourth-order valence-corrected chi connectivity index (χ4v) is 1.10. The zero-order chi connectivity index (χ0) is 9.98. The molecule has 0 heterocycles. The summed E-state index contributed by atoms with van der Waals surface area (Å²) in [6, 6.07) is 0. The van der Waals surface area contributed by atoms with Crippen LogP contribution in [0, 0.1) is 0 Å². The Bertz CT molecular complexity index is 127. The Balaban J connectivity index is -0.000000143. The van der Waals surface area contributed by atoms with Gasteiger partial charge in [0, 0.05) is 0 Å². The van der Waals surface area contributed by atoms with Crippen molar-refractivity contribution < 1.29 is 18.9 Å². The predicted molar refractivity (Wildman–Crippen MR) is 51.3 cm³/mol. The van der Waals surface area contributed by atoms with E-state index in [0.717, 1.165) is 12.8 Å². The second-order valence-corrected chi connectivity index (χ2v) is 4.34. The third-order valence-electron chi connectivity index (χ3n) is 0.812. The van der Waals surface area contributed by atoms with E-state index < -0.39 is 16.1 Å². The van der Waals surface area contributed by atoms with E-state index in [0.29, 0.717) is 12.3 Å². The molecule has 0 saturated heterocycles. The van der Waals surface area contributed by atoms with Crippen LogP contribution in [-0.2, 0) is 9.13 Å². The first-order valence-corrected chi connectivity index (χ1v) is 6.50. The van der Waals surface area contributed by atoms with Gasteiger partial charge in [-0.2, -0.15) is 0 Å². The Labute approximate surface area is 97.0 Å². The summed E-state index contributed by atoms with van der Waals surface area (Å²) in [5.41, 5.74) is 0. The van der Waals surface area contributed by atoms with E-state index >= 15 is 0 Å². The second-order valence-electron chi connectivity index (χ2n) is 2.11. The van der Waals surface area contributed by atoms with Gasteiger partial charge in [-0.3, -0.25) is 0 Å². The van der Waals surface area contributed by atoms with Crippen molar-refractivity contribution in [2.75, 3.05) is 12.3 Å². The van der Waals surface area contributed by atoms with Crippen LogP contribution in [0.25, 0.3) is 0 Å². The molecule has 0 rings (SSSR count). The minimum Gasteiger partial charge on any atom is -0.596 e. The number of hydrogen-bond acceptors (Lipinski definition) is 4. The van der Waals surface area contributed by atoms with Crippen LogP contribution in [0.3, 0.4) is 0 Å². The Hall–Kier alpha value is 0.886. The van der Waals surface area contributed by atoms with Crippen molar-refractivity contribution in [3.05, 3.63) is 0 Å². The van der Waals surface area contributed by atoms with E-state index in [-0.39, 0.29) is 23.1 Å². The SMILES string of the molecule is CCC[P+](=O)[O-].CCC[P+](=O)[O-].[Mg+2]. The number of rotatable bonds is 4. The van der Waals surface area contributed by atoms with Gasteiger partial charge in [0.25, 0.3) is 0 Å². The van der Waals surface area contributed by atoms with Crippen molar-refractivity contribution in [2.45, 2.75) is 26.7 Å². The van der Waals surface area contributed by atoms with Gasteiger partial charge in [-0.05, 0) is 12.8 Å². The van der Waals surface area contributed by atoms with Crippen molar-refractivity contribution >= 4 is 39.1 Å². The Morgan fingerprint density at radius 3 is 1.15 bits per heavy atom. The fraction of sp³-hybridized carbons (Fsp3) is 1.00. The maximum absolute atomic E-state index is 9.64. The first-order chi connectivity index (χ1) is 5.54. The molecule has 0 bridgehead atoms. The molecule has 0 aromatic carbocycles. The normalized spacial score (nSPS) is 10.5. The van der Waals surface area contributed by atoms with Crippen molar-refractivity contribution in [3.63, 3.8) is 0 Å². The summed E-state index contributed by atoms with van der Waals surface area (Å²) in [5.74, 6) is 0. The van der Waals surface area contributed by atoms with Gasteiger partial charge in [0.15, 0.2) is 0 Å². The molecule has 0 saturated carbocycles. The molecule has 0 amide bonds. The van der Waals surface area contributed by atoms with Crippen LogP contribution < -0.4 is 9.79 Å². The van der Waals surface area contributed by atoms with Gasteiger partial charge < -0.3 is 9.79 Å². The average molecular weight is 236 g/mol. The quantitative estimate of drug-likeness (QED) is 0.529. The standard InChI is InChI=1S/2C3H7O2P.Mg/c2*1-2-3-6(4)5;/h2*2-3H2,1H3;/q;;+2. The van der Waals surface area contributed by atoms with Gasteiger partial charge in [0.2, 0.25) is 0 Å². The summed E-state index contributed by atoms with van der Waals surface area (Å²) in [6.45, 7) is 3.68. The molecule has 0 fully saturated rings. The van der Waals surface area contributed by atoms with Gasteiger partial charge >= 0.3 is 39.1 Å². The topological polar surface area (TPSA) is 80.3 Å². The molecule has 0 aliphatic carbocycles. The summed E-state index contributed by atoms with van der Waals surface area (Å²) in [6.07, 6.45) is 2.13. The summed E-state index contributed by atoms with van der Waals surface area (Å²) in [7, 11) is -4.20. The van der Waals surface area contributed by atoms with Gasteiger partial charge in [0.1, 0.15) is 12.3 Å². The minimum atomic E-state index is -2.10. The van der Waals surface area contributed by atoms with E-state index in [1.807, 2.05) is 13.8 Å². The molecule has 0 aliphatic heterocycles. The molecule has 0 aromatic heterocycles. The maximum Gasteiger partial charge on any atom is 2.00 e. The van der Waals surface area contributed by atoms with Gasteiger partial charge in [-0.25, -0.2) is 0 Å².